The molecule has 0 heterocycles. The summed E-state index contributed by atoms with van der Waals surface area (Å²) in [5.74, 6) is -2.23. The maximum absolute atomic E-state index is 11.7. The summed E-state index contributed by atoms with van der Waals surface area (Å²) in [6.45, 7) is 4.48. The molecule has 0 aliphatic heterocycles. The molecule has 0 rings (SSSR count). The maximum atomic E-state index is 11.7. The first-order chi connectivity index (χ1) is 8.65. The van der Waals surface area contributed by atoms with Gasteiger partial charge in [-0.05, 0) is 6.42 Å². The first-order valence-electron chi connectivity index (χ1n) is 5.95. The van der Waals surface area contributed by atoms with Crippen LogP contribution in [0.3, 0.4) is 0 Å². The highest BCUT2D eigenvalue weighted by Crippen LogP contribution is 2.26. The SMILES string of the molecule is COC(=O)C(C[C@H](C)C(=O)OC)CC(C)(C)[N+](=O)[O-]. The van der Waals surface area contributed by atoms with Crippen LogP contribution in [0.2, 0.25) is 0 Å². The molecule has 110 valence electrons. The molecule has 1 unspecified atom stereocenters. The van der Waals surface area contributed by atoms with Crippen molar-refractivity contribution < 1.29 is 24.0 Å². The van der Waals surface area contributed by atoms with E-state index in [1.807, 2.05) is 0 Å². The summed E-state index contributed by atoms with van der Waals surface area (Å²) in [5, 5.41) is 10.9. The molecule has 0 spiro atoms. The molecule has 0 radical (unpaired) electrons. The van der Waals surface area contributed by atoms with Crippen molar-refractivity contribution in [1.82, 2.24) is 0 Å². The average molecular weight is 275 g/mol. The van der Waals surface area contributed by atoms with Gasteiger partial charge in [0.1, 0.15) is 0 Å². The van der Waals surface area contributed by atoms with Crippen molar-refractivity contribution in [3.05, 3.63) is 10.1 Å². The fourth-order valence-electron chi connectivity index (χ4n) is 1.83. The summed E-state index contributed by atoms with van der Waals surface area (Å²) < 4.78 is 9.22. The molecular formula is C12H21NO6. The lowest BCUT2D eigenvalue weighted by molar-refractivity contribution is -0.562. The molecule has 0 fully saturated rings. The normalized spacial score (nSPS) is 14.4. The quantitative estimate of drug-likeness (QED) is 0.396. The molecule has 0 aromatic carbocycles. The zero-order valence-electron chi connectivity index (χ0n) is 12.0. The highest BCUT2D eigenvalue weighted by Gasteiger charge is 2.38. The van der Waals surface area contributed by atoms with Gasteiger partial charge in [0.2, 0.25) is 5.54 Å². The van der Waals surface area contributed by atoms with Crippen LogP contribution in [0.5, 0.6) is 0 Å². The molecule has 0 amide bonds. The highest BCUT2D eigenvalue weighted by atomic mass is 16.6. The number of carbonyl (C=O) groups is 2. The van der Waals surface area contributed by atoms with Gasteiger partial charge in [-0.25, -0.2) is 0 Å². The van der Waals surface area contributed by atoms with E-state index in [-0.39, 0.29) is 12.8 Å². The minimum atomic E-state index is -1.26. The van der Waals surface area contributed by atoms with Gasteiger partial charge in [-0.2, -0.15) is 0 Å². The van der Waals surface area contributed by atoms with Gasteiger partial charge in [-0.1, -0.05) is 6.92 Å². The maximum Gasteiger partial charge on any atom is 0.308 e. The summed E-state index contributed by atoms with van der Waals surface area (Å²) in [6, 6.07) is 0. The second-order valence-electron chi connectivity index (χ2n) is 5.15. The van der Waals surface area contributed by atoms with E-state index < -0.39 is 34.2 Å². The van der Waals surface area contributed by atoms with Crippen LogP contribution >= 0.6 is 0 Å². The van der Waals surface area contributed by atoms with Crippen molar-refractivity contribution in [2.24, 2.45) is 11.8 Å². The van der Waals surface area contributed by atoms with E-state index in [0.29, 0.717) is 0 Å². The minimum Gasteiger partial charge on any atom is -0.469 e. The third-order valence-electron chi connectivity index (χ3n) is 3.02. The van der Waals surface area contributed by atoms with Gasteiger partial charge < -0.3 is 9.47 Å². The number of methoxy groups -OCH3 is 2. The van der Waals surface area contributed by atoms with Crippen molar-refractivity contribution in [2.75, 3.05) is 14.2 Å². The third kappa shape index (κ3) is 5.23. The number of carbonyl (C=O) groups excluding carboxylic acids is 2. The molecule has 7 heteroatoms. The number of nitro groups is 1. The summed E-state index contributed by atoms with van der Waals surface area (Å²) in [7, 11) is 2.48. The Morgan fingerprint density at radius 3 is 2.05 bits per heavy atom. The van der Waals surface area contributed by atoms with Crippen LogP contribution in [0.15, 0.2) is 0 Å². The Bertz CT molecular complexity index is 352. The van der Waals surface area contributed by atoms with Crippen LogP contribution in [0.4, 0.5) is 0 Å². The van der Waals surface area contributed by atoms with Crippen LogP contribution in [0.25, 0.3) is 0 Å². The lowest BCUT2D eigenvalue weighted by Gasteiger charge is -2.23. The average Bonchev–Trinajstić information content (AvgIpc) is 2.35. The van der Waals surface area contributed by atoms with Gasteiger partial charge >= 0.3 is 11.9 Å². The zero-order chi connectivity index (χ0) is 15.2. The van der Waals surface area contributed by atoms with Crippen molar-refractivity contribution in [2.45, 2.75) is 39.2 Å². The Morgan fingerprint density at radius 1 is 1.21 bits per heavy atom. The Morgan fingerprint density at radius 2 is 1.68 bits per heavy atom. The van der Waals surface area contributed by atoms with E-state index in [4.69, 9.17) is 0 Å². The molecule has 0 saturated carbocycles. The van der Waals surface area contributed by atoms with E-state index in [1.165, 1.54) is 28.1 Å². The molecule has 0 aliphatic carbocycles. The van der Waals surface area contributed by atoms with E-state index in [0.717, 1.165) is 0 Å². The molecule has 19 heavy (non-hydrogen) atoms. The van der Waals surface area contributed by atoms with Crippen LogP contribution in [-0.2, 0) is 19.1 Å². The Hall–Kier alpha value is -1.66. The van der Waals surface area contributed by atoms with E-state index >= 15 is 0 Å². The van der Waals surface area contributed by atoms with Gasteiger partial charge in [0.15, 0.2) is 0 Å². The van der Waals surface area contributed by atoms with Crippen molar-refractivity contribution in [3.8, 4) is 0 Å². The molecular weight excluding hydrogens is 254 g/mol. The van der Waals surface area contributed by atoms with Gasteiger partial charge in [0.25, 0.3) is 0 Å². The van der Waals surface area contributed by atoms with Crippen molar-refractivity contribution in [1.29, 1.82) is 0 Å². The Balaban J connectivity index is 4.89. The van der Waals surface area contributed by atoms with Gasteiger partial charge in [-0.3, -0.25) is 19.7 Å². The fraction of sp³-hybridized carbons (Fsp3) is 0.833. The summed E-state index contributed by atoms with van der Waals surface area (Å²) in [5.41, 5.74) is -1.26. The predicted molar refractivity (Wildman–Crippen MR) is 67.0 cm³/mol. The Labute approximate surface area is 112 Å². The first-order valence-corrected chi connectivity index (χ1v) is 5.95. The fourth-order valence-corrected chi connectivity index (χ4v) is 1.83. The van der Waals surface area contributed by atoms with Gasteiger partial charge in [-0.15, -0.1) is 0 Å². The molecule has 0 aromatic rings. The van der Waals surface area contributed by atoms with Gasteiger partial charge in [0.05, 0.1) is 26.1 Å². The summed E-state index contributed by atoms with van der Waals surface area (Å²) >= 11 is 0. The molecule has 0 aromatic heterocycles. The van der Waals surface area contributed by atoms with Crippen LogP contribution in [0, 0.1) is 22.0 Å². The number of nitrogens with zero attached hydrogens (tertiary/aromatic N) is 1. The smallest absolute Gasteiger partial charge is 0.308 e. The molecule has 2 atom stereocenters. The van der Waals surface area contributed by atoms with Crippen LogP contribution in [-0.4, -0.2) is 36.6 Å². The molecule has 0 aliphatic rings. The lowest BCUT2D eigenvalue weighted by atomic mass is 9.85. The summed E-state index contributed by atoms with van der Waals surface area (Å²) in [4.78, 5) is 33.5. The van der Waals surface area contributed by atoms with Crippen molar-refractivity contribution in [3.63, 3.8) is 0 Å². The second kappa shape index (κ2) is 7.06. The highest BCUT2D eigenvalue weighted by molar-refractivity contribution is 5.75. The van der Waals surface area contributed by atoms with E-state index in [1.54, 1.807) is 6.92 Å². The zero-order valence-corrected chi connectivity index (χ0v) is 12.0. The first kappa shape index (κ1) is 17.3. The monoisotopic (exact) mass is 275 g/mol. The topological polar surface area (TPSA) is 95.7 Å². The minimum absolute atomic E-state index is 0.00794. The molecule has 7 nitrogen and oxygen atoms in total. The molecule has 0 N–H and O–H groups in total. The third-order valence-corrected chi connectivity index (χ3v) is 3.02. The largest absolute Gasteiger partial charge is 0.469 e. The summed E-state index contributed by atoms with van der Waals surface area (Å²) in [6.07, 6.45) is 0.171. The lowest BCUT2D eigenvalue weighted by Crippen LogP contribution is -2.37. The van der Waals surface area contributed by atoms with E-state index in [9.17, 15) is 19.7 Å². The number of esters is 2. The standard InChI is InChI=1S/C12H21NO6/c1-8(10(14)18-4)6-9(11(15)19-5)7-12(2,3)13(16)17/h8-9H,6-7H2,1-5H3/t8-,9?/m0/s1. The Kier molecular flexibility index (Phi) is 6.44. The molecule has 0 saturated heterocycles. The number of ether oxygens (including phenoxy) is 2. The van der Waals surface area contributed by atoms with Crippen molar-refractivity contribution >= 4 is 11.9 Å². The van der Waals surface area contributed by atoms with E-state index in [2.05, 4.69) is 9.47 Å². The number of rotatable bonds is 7. The van der Waals surface area contributed by atoms with Gasteiger partial charge in [0, 0.05) is 25.2 Å². The predicted octanol–water partition coefficient (Wildman–Crippen LogP) is 1.42. The number of hydrogen-bond donors (Lipinski definition) is 0. The van der Waals surface area contributed by atoms with Crippen LogP contribution < -0.4 is 0 Å². The second-order valence-corrected chi connectivity index (χ2v) is 5.15. The van der Waals surface area contributed by atoms with Crippen LogP contribution in [0.1, 0.15) is 33.6 Å². The molecule has 0 bridgehead atoms. The number of hydrogen-bond acceptors (Lipinski definition) is 6.